The third-order valence-corrected chi connectivity index (χ3v) is 1.03. The van der Waals surface area contributed by atoms with Gasteiger partial charge in [-0.2, -0.15) is 0 Å². The molecule has 0 saturated heterocycles. The lowest BCUT2D eigenvalue weighted by atomic mass is 10.5. The van der Waals surface area contributed by atoms with Crippen molar-refractivity contribution in [2.75, 3.05) is 6.54 Å². The van der Waals surface area contributed by atoms with Crippen molar-refractivity contribution in [1.29, 1.82) is 0 Å². The van der Waals surface area contributed by atoms with Crippen molar-refractivity contribution in [1.82, 2.24) is 0 Å². The van der Waals surface area contributed by atoms with E-state index < -0.39 is 0 Å². The Kier molecular flexibility index (Phi) is 6.68. The second kappa shape index (κ2) is 6.85. The zero-order valence-corrected chi connectivity index (χ0v) is 8.04. The monoisotopic (exact) mass is 254 g/mol. The first-order chi connectivity index (χ1) is 4.81. The molecule has 0 aromatic rings. The summed E-state index contributed by atoms with van der Waals surface area (Å²) in [7, 11) is 0. The minimum atomic E-state index is 0.231. The Morgan fingerprint density at radius 3 is 3.00 bits per heavy atom. The first kappa shape index (κ1) is 9.74. The first-order valence-corrected chi connectivity index (χ1v) is 4.27. The maximum Gasteiger partial charge on any atom is 0.286 e. The largest absolute Gasteiger partial charge is 0.434 e. The van der Waals surface area contributed by atoms with Crippen LogP contribution in [0.15, 0.2) is 15.3 Å². The summed E-state index contributed by atoms with van der Waals surface area (Å²) in [4.78, 5) is 3.90. The van der Waals surface area contributed by atoms with Crippen LogP contribution in [-0.2, 0) is 4.74 Å². The Hall–Kier alpha value is -0.260. The van der Waals surface area contributed by atoms with Gasteiger partial charge in [0, 0.05) is 10.6 Å². The molecule has 0 aromatic heterocycles. The molecule has 0 atom stereocenters. The molecule has 0 unspecified atom stereocenters. The Balaban J connectivity index is 3.49. The van der Waals surface area contributed by atoms with Gasteiger partial charge in [0.25, 0.3) is 6.02 Å². The van der Waals surface area contributed by atoms with Crippen molar-refractivity contribution in [2.45, 2.75) is 13.3 Å². The number of rotatable bonds is 3. The van der Waals surface area contributed by atoms with E-state index in [9.17, 15) is 0 Å². The number of aliphatic imine (C=N–C) groups is 1. The van der Waals surface area contributed by atoms with Crippen LogP contribution >= 0.6 is 22.6 Å². The van der Waals surface area contributed by atoms with Crippen LogP contribution in [0.1, 0.15) is 13.3 Å². The molecule has 0 aromatic carbocycles. The van der Waals surface area contributed by atoms with Gasteiger partial charge in [-0.1, -0.05) is 6.92 Å². The highest BCUT2D eigenvalue weighted by Gasteiger charge is 1.84. The first-order valence-electron chi connectivity index (χ1n) is 3.03. The molecule has 0 aliphatic rings. The topological polar surface area (TPSA) is 47.6 Å². The van der Waals surface area contributed by atoms with Crippen LogP contribution in [0.2, 0.25) is 0 Å². The van der Waals surface area contributed by atoms with Crippen LogP contribution in [0.4, 0.5) is 0 Å². The van der Waals surface area contributed by atoms with Crippen molar-refractivity contribution in [3.05, 3.63) is 10.3 Å². The van der Waals surface area contributed by atoms with Gasteiger partial charge >= 0.3 is 0 Å². The zero-order valence-electron chi connectivity index (χ0n) is 5.88. The third kappa shape index (κ3) is 5.87. The highest BCUT2D eigenvalue weighted by atomic mass is 127. The fourth-order valence-corrected chi connectivity index (χ4v) is 0.501. The summed E-state index contributed by atoms with van der Waals surface area (Å²) in [6.07, 6.45) is 2.48. The number of hydrogen-bond donors (Lipinski definition) is 1. The molecule has 0 aliphatic carbocycles. The van der Waals surface area contributed by atoms with Gasteiger partial charge < -0.3 is 10.5 Å². The van der Waals surface area contributed by atoms with Crippen LogP contribution < -0.4 is 5.73 Å². The van der Waals surface area contributed by atoms with E-state index in [0.29, 0.717) is 0 Å². The molecule has 58 valence electrons. The summed E-state index contributed by atoms with van der Waals surface area (Å²) in [6, 6.07) is 0.231. The maximum atomic E-state index is 5.32. The average molecular weight is 254 g/mol. The van der Waals surface area contributed by atoms with Crippen LogP contribution in [0, 0.1) is 0 Å². The standard InChI is InChI=1S/C6H11IN2O/c1-2-4-9-6(8)10-5-3-7/h3,5H,2,4H2,1H3,(H2,8,9)/b5-3-. The van der Waals surface area contributed by atoms with Gasteiger partial charge in [-0.25, -0.2) is 4.99 Å². The highest BCUT2D eigenvalue weighted by Crippen LogP contribution is 1.86. The molecule has 10 heavy (non-hydrogen) atoms. The van der Waals surface area contributed by atoms with Crippen molar-refractivity contribution in [2.24, 2.45) is 10.7 Å². The lowest BCUT2D eigenvalue weighted by molar-refractivity contribution is 0.463. The number of nitrogens with zero attached hydrogens (tertiary/aromatic N) is 1. The van der Waals surface area contributed by atoms with E-state index in [4.69, 9.17) is 10.5 Å². The Labute approximate surface area is 74.5 Å². The van der Waals surface area contributed by atoms with Crippen LogP contribution in [0.25, 0.3) is 0 Å². The Morgan fingerprint density at radius 1 is 1.80 bits per heavy atom. The molecule has 0 rings (SSSR count). The molecule has 0 saturated carbocycles. The fourth-order valence-electron chi connectivity index (χ4n) is 0.355. The highest BCUT2D eigenvalue weighted by molar-refractivity contribution is 14.1. The minimum Gasteiger partial charge on any atom is -0.434 e. The summed E-state index contributed by atoms with van der Waals surface area (Å²) >= 11 is 2.04. The van der Waals surface area contributed by atoms with Crippen LogP contribution in [0.5, 0.6) is 0 Å². The molecular formula is C6H11IN2O. The second-order valence-corrected chi connectivity index (χ2v) is 2.32. The molecule has 0 radical (unpaired) electrons. The van der Waals surface area contributed by atoms with Gasteiger partial charge in [0.1, 0.15) is 6.26 Å². The van der Waals surface area contributed by atoms with Crippen molar-refractivity contribution in [3.63, 3.8) is 0 Å². The normalized spacial score (nSPS) is 12.4. The van der Waals surface area contributed by atoms with Gasteiger partial charge in [-0.3, -0.25) is 0 Å². The molecule has 3 nitrogen and oxygen atoms in total. The maximum absolute atomic E-state index is 5.32. The average Bonchev–Trinajstić information content (AvgIpc) is 1.97. The molecule has 0 amide bonds. The third-order valence-electron chi connectivity index (χ3n) is 0.731. The second-order valence-electron chi connectivity index (χ2n) is 1.60. The van der Waals surface area contributed by atoms with Gasteiger partial charge in [0.15, 0.2) is 0 Å². The molecule has 0 fully saturated rings. The van der Waals surface area contributed by atoms with Crippen LogP contribution in [0.3, 0.4) is 0 Å². The quantitative estimate of drug-likeness (QED) is 0.360. The van der Waals surface area contributed by atoms with Crippen molar-refractivity contribution in [3.8, 4) is 0 Å². The molecule has 0 bridgehead atoms. The van der Waals surface area contributed by atoms with Crippen molar-refractivity contribution < 1.29 is 4.74 Å². The molecule has 0 spiro atoms. The smallest absolute Gasteiger partial charge is 0.286 e. The predicted octanol–water partition coefficient (Wildman–Crippen LogP) is 1.63. The van der Waals surface area contributed by atoms with E-state index in [1.165, 1.54) is 6.26 Å². The number of nitrogens with two attached hydrogens (primary N) is 1. The number of amidine groups is 1. The minimum absolute atomic E-state index is 0.231. The predicted molar refractivity (Wildman–Crippen MR) is 51.0 cm³/mol. The summed E-state index contributed by atoms with van der Waals surface area (Å²) in [5.74, 6) is 0. The molecule has 0 aliphatic heterocycles. The summed E-state index contributed by atoms with van der Waals surface area (Å²) in [5.41, 5.74) is 5.32. The summed E-state index contributed by atoms with van der Waals surface area (Å²) in [6.45, 7) is 2.76. The van der Waals surface area contributed by atoms with Gasteiger partial charge in [-0.15, -0.1) is 0 Å². The van der Waals surface area contributed by atoms with E-state index in [2.05, 4.69) is 4.99 Å². The number of halogens is 1. The molecular weight excluding hydrogens is 243 g/mol. The molecule has 2 N–H and O–H groups in total. The Bertz CT molecular complexity index is 134. The van der Waals surface area contributed by atoms with Gasteiger partial charge in [-0.05, 0) is 29.0 Å². The summed E-state index contributed by atoms with van der Waals surface area (Å²) < 4.78 is 6.56. The van der Waals surface area contributed by atoms with Crippen LogP contribution in [-0.4, -0.2) is 12.6 Å². The van der Waals surface area contributed by atoms with E-state index in [1.54, 1.807) is 4.08 Å². The van der Waals surface area contributed by atoms with E-state index in [0.717, 1.165) is 13.0 Å². The number of ether oxygens (including phenoxy) is 1. The zero-order chi connectivity index (χ0) is 7.82. The lowest BCUT2D eigenvalue weighted by Gasteiger charge is -1.95. The van der Waals surface area contributed by atoms with E-state index >= 15 is 0 Å². The van der Waals surface area contributed by atoms with E-state index in [-0.39, 0.29) is 6.02 Å². The SMILES string of the molecule is CCCN=C(N)O/C=C\I. The fraction of sp³-hybridized carbons (Fsp3) is 0.500. The molecule has 4 heteroatoms. The molecule has 0 heterocycles. The lowest BCUT2D eigenvalue weighted by Crippen LogP contribution is -2.13. The summed E-state index contributed by atoms with van der Waals surface area (Å²) in [5, 5.41) is 0. The Morgan fingerprint density at radius 2 is 2.50 bits per heavy atom. The van der Waals surface area contributed by atoms with Crippen molar-refractivity contribution >= 4 is 28.6 Å². The van der Waals surface area contributed by atoms with Gasteiger partial charge in [0.2, 0.25) is 0 Å². The number of hydrogen-bond acceptors (Lipinski definition) is 2. The van der Waals surface area contributed by atoms with Gasteiger partial charge in [0.05, 0.1) is 0 Å². The van der Waals surface area contributed by atoms with E-state index in [1.807, 2.05) is 29.5 Å².